The van der Waals surface area contributed by atoms with Gasteiger partial charge < -0.3 is 0 Å². The van der Waals surface area contributed by atoms with Crippen molar-refractivity contribution in [3.05, 3.63) is 0 Å². The van der Waals surface area contributed by atoms with Gasteiger partial charge in [-0.3, -0.25) is 0 Å². The van der Waals surface area contributed by atoms with Gasteiger partial charge in [0, 0.05) is 13.1 Å². The Morgan fingerprint density at radius 3 is 2.62 bits per heavy atom. The second kappa shape index (κ2) is 4.76. The fraction of sp³-hybridized carbons (Fsp3) is 1.00. The first kappa shape index (κ1) is 11.3. The van der Waals surface area contributed by atoms with Crippen molar-refractivity contribution in [2.24, 2.45) is 11.8 Å². The van der Waals surface area contributed by atoms with E-state index in [0.717, 1.165) is 19.7 Å². The Morgan fingerprint density at radius 2 is 1.85 bits per heavy atom. The van der Waals surface area contributed by atoms with E-state index in [1.165, 1.54) is 32.1 Å². The third-order valence-electron chi connectivity index (χ3n) is 3.54. The molecular formula is C10H16I2S. The first-order valence-corrected chi connectivity index (χ1v) is 8.15. The lowest BCUT2D eigenvalue weighted by atomic mass is 9.91. The molecule has 0 nitrogen and oxygen atoms in total. The molecule has 2 fully saturated rings. The molecule has 3 heteroatoms. The number of rotatable bonds is 0. The fourth-order valence-corrected chi connectivity index (χ4v) is 5.61. The summed E-state index contributed by atoms with van der Waals surface area (Å²) in [7, 11) is 0. The Balaban J connectivity index is 2.07. The smallest absolute Gasteiger partial charge is 0.0259 e. The van der Waals surface area contributed by atoms with Crippen LogP contribution in [-0.4, -0.2) is 13.1 Å². The van der Waals surface area contributed by atoms with Gasteiger partial charge in [0.1, 0.15) is 0 Å². The third kappa shape index (κ3) is 2.49. The molecule has 0 aromatic rings. The molecule has 2 saturated carbocycles. The molecule has 2 rings (SSSR count). The molecule has 0 saturated heterocycles. The maximum Gasteiger partial charge on any atom is 0.0259 e. The van der Waals surface area contributed by atoms with E-state index in [1.54, 1.807) is 0 Å². The zero-order chi connectivity index (χ0) is 9.42. The Hall–Kier alpha value is 1.81. The fourth-order valence-electron chi connectivity index (χ4n) is 2.82. The number of hydrogen-bond acceptors (Lipinski definition) is 1. The predicted octanol–water partition coefficient (Wildman–Crippen LogP) is 4.10. The summed E-state index contributed by atoms with van der Waals surface area (Å²) >= 11 is 10.0. The van der Waals surface area contributed by atoms with Crippen LogP contribution in [0.15, 0.2) is 0 Å². The minimum atomic E-state index is 0.689. The highest BCUT2D eigenvalue weighted by Crippen LogP contribution is 2.48. The second-order valence-corrected chi connectivity index (χ2v) is 8.21. The van der Waals surface area contributed by atoms with E-state index >= 15 is 0 Å². The predicted molar refractivity (Wildman–Crippen MR) is 78.5 cm³/mol. The van der Waals surface area contributed by atoms with Crippen LogP contribution in [0.25, 0.3) is 0 Å². The Labute approximate surface area is 114 Å². The van der Waals surface area contributed by atoms with Crippen LogP contribution < -0.4 is 0 Å². The lowest BCUT2D eigenvalue weighted by molar-refractivity contribution is 0.378. The van der Waals surface area contributed by atoms with E-state index in [1.807, 2.05) is 0 Å². The molecule has 0 heterocycles. The molecule has 76 valence electrons. The molecule has 2 aliphatic carbocycles. The molecule has 13 heavy (non-hydrogen) atoms. The van der Waals surface area contributed by atoms with E-state index in [4.69, 9.17) is 0 Å². The van der Waals surface area contributed by atoms with Gasteiger partial charge in [0.25, 0.3) is 0 Å². The summed E-state index contributed by atoms with van der Waals surface area (Å²) in [5.41, 5.74) is 0. The molecular weight excluding hydrogens is 406 g/mol. The molecule has 0 bridgehead atoms. The van der Waals surface area contributed by atoms with Crippen molar-refractivity contribution >= 4 is 57.8 Å². The normalized spacial score (nSPS) is 51.5. The number of hydrogen-bond donors (Lipinski definition) is 1. The monoisotopic (exact) mass is 422 g/mol. The second-order valence-electron chi connectivity index (χ2n) is 4.44. The summed E-state index contributed by atoms with van der Waals surface area (Å²) in [4.78, 5) is 0. The zero-order valence-corrected chi connectivity index (χ0v) is 12.8. The van der Waals surface area contributed by atoms with Gasteiger partial charge >= 0.3 is 0 Å². The first-order chi connectivity index (χ1) is 6.18. The highest BCUT2D eigenvalue weighted by Gasteiger charge is 2.41. The van der Waals surface area contributed by atoms with Crippen molar-refractivity contribution in [3.8, 4) is 0 Å². The molecule has 0 radical (unpaired) electrons. The standard InChI is InChI=1S/C10H16I2S/c11-9-4-6-2-1-3-7(13)5-8(6)10(9)12/h6-10,13H,1-5H2. The van der Waals surface area contributed by atoms with Gasteiger partial charge in [0.15, 0.2) is 0 Å². The summed E-state index contributed by atoms with van der Waals surface area (Å²) in [6.07, 6.45) is 7.09. The largest absolute Gasteiger partial charge is 0.176 e. The van der Waals surface area contributed by atoms with Crippen molar-refractivity contribution in [1.29, 1.82) is 0 Å². The van der Waals surface area contributed by atoms with Crippen LogP contribution in [0.4, 0.5) is 0 Å². The lowest BCUT2D eigenvalue weighted by Gasteiger charge is -2.20. The average Bonchev–Trinajstić information content (AvgIpc) is 2.29. The van der Waals surface area contributed by atoms with Crippen LogP contribution >= 0.6 is 57.8 Å². The first-order valence-electron chi connectivity index (χ1n) is 5.14. The topological polar surface area (TPSA) is 0 Å². The van der Waals surface area contributed by atoms with Gasteiger partial charge in [-0.1, -0.05) is 58.0 Å². The minimum Gasteiger partial charge on any atom is -0.176 e. The molecule has 0 spiro atoms. The molecule has 0 aromatic carbocycles. The van der Waals surface area contributed by atoms with Gasteiger partial charge in [-0.15, -0.1) is 0 Å². The van der Waals surface area contributed by atoms with Crippen LogP contribution in [-0.2, 0) is 0 Å². The minimum absolute atomic E-state index is 0.689. The van der Waals surface area contributed by atoms with Gasteiger partial charge in [0.05, 0.1) is 0 Å². The van der Waals surface area contributed by atoms with E-state index in [2.05, 4.69) is 57.8 Å². The van der Waals surface area contributed by atoms with E-state index in [9.17, 15) is 0 Å². The Morgan fingerprint density at radius 1 is 1.08 bits per heavy atom. The molecule has 5 atom stereocenters. The van der Waals surface area contributed by atoms with Crippen molar-refractivity contribution < 1.29 is 0 Å². The molecule has 5 unspecified atom stereocenters. The average molecular weight is 422 g/mol. The van der Waals surface area contributed by atoms with Crippen molar-refractivity contribution in [2.75, 3.05) is 0 Å². The van der Waals surface area contributed by atoms with E-state index in [-0.39, 0.29) is 0 Å². The number of halogens is 2. The van der Waals surface area contributed by atoms with Gasteiger partial charge in [-0.25, -0.2) is 0 Å². The van der Waals surface area contributed by atoms with E-state index in [0.29, 0.717) is 5.25 Å². The van der Waals surface area contributed by atoms with Crippen LogP contribution in [0, 0.1) is 11.8 Å². The summed E-state index contributed by atoms with van der Waals surface area (Å²) in [5.74, 6) is 2.01. The molecule has 0 N–H and O–H groups in total. The number of alkyl halides is 2. The maximum atomic E-state index is 4.68. The zero-order valence-electron chi connectivity index (χ0n) is 7.63. The van der Waals surface area contributed by atoms with Crippen LogP contribution in [0.1, 0.15) is 32.1 Å². The summed E-state index contributed by atoms with van der Waals surface area (Å²) in [6, 6.07) is 0. The molecule has 0 aromatic heterocycles. The summed E-state index contributed by atoms with van der Waals surface area (Å²) in [5, 5.41) is 0.689. The van der Waals surface area contributed by atoms with Gasteiger partial charge in [-0.05, 0) is 31.1 Å². The quantitative estimate of drug-likeness (QED) is 0.339. The molecule has 2 aliphatic rings. The van der Waals surface area contributed by atoms with Crippen molar-refractivity contribution in [1.82, 2.24) is 0 Å². The number of fused-ring (bicyclic) bond motifs is 1. The van der Waals surface area contributed by atoms with Crippen molar-refractivity contribution in [3.63, 3.8) is 0 Å². The summed E-state index contributed by atoms with van der Waals surface area (Å²) in [6.45, 7) is 0. The Bertz CT molecular complexity index is 186. The summed E-state index contributed by atoms with van der Waals surface area (Å²) < 4.78 is 1.84. The SMILES string of the molecule is SC1CCCC2CC(I)C(I)C2C1. The van der Waals surface area contributed by atoms with Crippen LogP contribution in [0.3, 0.4) is 0 Å². The third-order valence-corrected chi connectivity index (χ3v) is 8.46. The lowest BCUT2D eigenvalue weighted by Crippen LogP contribution is -2.19. The van der Waals surface area contributed by atoms with Crippen molar-refractivity contribution in [2.45, 2.75) is 45.2 Å². The van der Waals surface area contributed by atoms with E-state index < -0.39 is 0 Å². The highest BCUT2D eigenvalue weighted by atomic mass is 127. The molecule has 0 aliphatic heterocycles. The van der Waals surface area contributed by atoms with Crippen LogP contribution in [0.2, 0.25) is 0 Å². The maximum absolute atomic E-state index is 4.68. The number of thiol groups is 1. The molecule has 0 amide bonds. The van der Waals surface area contributed by atoms with Crippen LogP contribution in [0.5, 0.6) is 0 Å². The highest BCUT2D eigenvalue weighted by molar-refractivity contribution is 14.1. The van der Waals surface area contributed by atoms with Gasteiger partial charge in [-0.2, -0.15) is 12.6 Å². The van der Waals surface area contributed by atoms with Gasteiger partial charge in [0.2, 0.25) is 0 Å². The Kier molecular flexibility index (Phi) is 4.14.